The van der Waals surface area contributed by atoms with E-state index >= 15 is 0 Å². The maximum atomic E-state index is 13.3. The molecular weight excluding hydrogens is 353 g/mol. The number of esters is 1. The van der Waals surface area contributed by atoms with Crippen molar-refractivity contribution in [3.8, 4) is 0 Å². The third-order valence-corrected chi connectivity index (χ3v) is 4.21. The smallest absolute Gasteiger partial charge is 0.351 e. The summed E-state index contributed by atoms with van der Waals surface area (Å²) in [4.78, 5) is 38.3. The van der Waals surface area contributed by atoms with Crippen molar-refractivity contribution < 1.29 is 23.6 Å². The van der Waals surface area contributed by atoms with Gasteiger partial charge in [0.1, 0.15) is 4.88 Å². The lowest BCUT2D eigenvalue weighted by atomic mass is 10.2. The van der Waals surface area contributed by atoms with E-state index < -0.39 is 34.4 Å². The Kier molecular flexibility index (Phi) is 5.42. The molecule has 0 saturated carbocycles. The van der Waals surface area contributed by atoms with Crippen LogP contribution >= 0.6 is 11.3 Å². The third kappa shape index (κ3) is 4.35. The zero-order valence-electron chi connectivity index (χ0n) is 13.5. The SMILES string of the molecule is Cc1nc(C)c(C(=O)OC(C)C(=O)Nc2ccc(F)c([N+](=O)[O-])c2)s1. The Morgan fingerprint density at radius 2 is 2.08 bits per heavy atom. The number of nitrogens with zero attached hydrogens (tertiary/aromatic N) is 2. The van der Waals surface area contributed by atoms with Crippen molar-refractivity contribution in [2.75, 3.05) is 5.32 Å². The first-order chi connectivity index (χ1) is 11.7. The molecule has 2 aromatic rings. The Bertz CT molecular complexity index is 852. The average Bonchev–Trinajstić information content (AvgIpc) is 2.87. The second-order valence-electron chi connectivity index (χ2n) is 5.11. The fourth-order valence-electron chi connectivity index (χ4n) is 1.96. The molecule has 0 spiro atoms. The van der Waals surface area contributed by atoms with Crippen LogP contribution in [0.1, 0.15) is 27.3 Å². The molecule has 132 valence electrons. The zero-order valence-corrected chi connectivity index (χ0v) is 14.3. The van der Waals surface area contributed by atoms with E-state index in [0.29, 0.717) is 15.6 Å². The lowest BCUT2D eigenvalue weighted by Crippen LogP contribution is -2.30. The largest absolute Gasteiger partial charge is 0.448 e. The highest BCUT2D eigenvalue weighted by Crippen LogP contribution is 2.22. The van der Waals surface area contributed by atoms with Crippen molar-refractivity contribution in [1.82, 2.24) is 4.98 Å². The minimum atomic E-state index is -1.15. The number of nitrogens with one attached hydrogen (secondary N) is 1. The monoisotopic (exact) mass is 367 g/mol. The van der Waals surface area contributed by atoms with Crippen molar-refractivity contribution >= 4 is 34.6 Å². The second-order valence-corrected chi connectivity index (χ2v) is 6.31. The number of halogens is 1. The van der Waals surface area contributed by atoms with Crippen LogP contribution in [0, 0.1) is 29.8 Å². The molecule has 0 aliphatic heterocycles. The lowest BCUT2D eigenvalue weighted by Gasteiger charge is -2.13. The number of benzene rings is 1. The van der Waals surface area contributed by atoms with E-state index in [4.69, 9.17) is 4.74 Å². The normalized spacial score (nSPS) is 11.7. The summed E-state index contributed by atoms with van der Waals surface area (Å²) in [6.07, 6.45) is -1.15. The van der Waals surface area contributed by atoms with E-state index in [1.54, 1.807) is 13.8 Å². The predicted octanol–water partition coefficient (Wildman–Crippen LogP) is 2.99. The number of amides is 1. The maximum absolute atomic E-state index is 13.3. The molecule has 0 aliphatic rings. The molecule has 1 aromatic heterocycles. The maximum Gasteiger partial charge on any atom is 0.351 e. The lowest BCUT2D eigenvalue weighted by molar-refractivity contribution is -0.387. The van der Waals surface area contributed by atoms with Crippen molar-refractivity contribution in [2.45, 2.75) is 26.9 Å². The van der Waals surface area contributed by atoms with E-state index in [1.165, 1.54) is 13.0 Å². The van der Waals surface area contributed by atoms with Gasteiger partial charge in [-0.2, -0.15) is 4.39 Å². The van der Waals surface area contributed by atoms with Gasteiger partial charge in [-0.15, -0.1) is 11.3 Å². The Balaban J connectivity index is 2.05. The van der Waals surface area contributed by atoms with Gasteiger partial charge in [-0.1, -0.05) is 0 Å². The van der Waals surface area contributed by atoms with Crippen LogP contribution in [0.5, 0.6) is 0 Å². The van der Waals surface area contributed by atoms with Crippen LogP contribution < -0.4 is 5.32 Å². The third-order valence-electron chi connectivity index (χ3n) is 3.15. The van der Waals surface area contributed by atoms with Crippen LogP contribution in [0.4, 0.5) is 15.8 Å². The number of aryl methyl sites for hydroxylation is 2. The number of thiazole rings is 1. The summed E-state index contributed by atoms with van der Waals surface area (Å²) in [5, 5.41) is 13.7. The van der Waals surface area contributed by atoms with Gasteiger partial charge >= 0.3 is 11.7 Å². The Morgan fingerprint density at radius 1 is 1.40 bits per heavy atom. The van der Waals surface area contributed by atoms with E-state index in [9.17, 15) is 24.1 Å². The number of anilines is 1. The van der Waals surface area contributed by atoms with Gasteiger partial charge < -0.3 is 10.1 Å². The molecule has 1 N–H and O–H groups in total. The van der Waals surface area contributed by atoms with Gasteiger partial charge in [0.05, 0.1) is 15.6 Å². The topological polar surface area (TPSA) is 111 Å². The molecule has 1 atom stereocenters. The molecular formula is C15H14FN3O5S. The van der Waals surface area contributed by atoms with E-state index in [1.807, 2.05) is 0 Å². The highest BCUT2D eigenvalue weighted by molar-refractivity contribution is 7.13. The van der Waals surface area contributed by atoms with Crippen molar-refractivity contribution in [3.63, 3.8) is 0 Å². The number of hydrogen-bond donors (Lipinski definition) is 1. The zero-order chi connectivity index (χ0) is 18.7. The van der Waals surface area contributed by atoms with Gasteiger partial charge in [0.15, 0.2) is 6.10 Å². The van der Waals surface area contributed by atoms with Gasteiger partial charge in [-0.3, -0.25) is 14.9 Å². The summed E-state index contributed by atoms with van der Waals surface area (Å²) in [6.45, 7) is 4.75. The fourth-order valence-corrected chi connectivity index (χ4v) is 2.77. The first-order valence-corrected chi connectivity index (χ1v) is 7.90. The Labute approximate surface area is 145 Å². The molecule has 0 fully saturated rings. The summed E-state index contributed by atoms with van der Waals surface area (Å²) in [7, 11) is 0. The molecule has 0 aliphatic carbocycles. The molecule has 0 radical (unpaired) electrons. The molecule has 1 heterocycles. The Morgan fingerprint density at radius 3 is 2.64 bits per heavy atom. The summed E-state index contributed by atoms with van der Waals surface area (Å²) in [5.41, 5.74) is -0.238. The highest BCUT2D eigenvalue weighted by Gasteiger charge is 2.23. The van der Waals surface area contributed by atoms with E-state index in [0.717, 1.165) is 23.5 Å². The van der Waals surface area contributed by atoms with Gasteiger partial charge in [0.2, 0.25) is 5.82 Å². The molecule has 1 aromatic carbocycles. The number of carbonyl (C=O) groups is 2. The standard InChI is InChI=1S/C15H14FN3O5S/c1-7-13(25-9(3)17-7)15(21)24-8(2)14(20)18-10-4-5-11(16)12(6-10)19(22)23/h4-6,8H,1-3H3,(H,18,20). The Hall–Kier alpha value is -2.88. The molecule has 2 rings (SSSR count). The van der Waals surface area contributed by atoms with Crippen molar-refractivity contribution in [1.29, 1.82) is 0 Å². The van der Waals surface area contributed by atoms with Gasteiger partial charge in [0.25, 0.3) is 5.91 Å². The first-order valence-electron chi connectivity index (χ1n) is 7.09. The number of carbonyl (C=O) groups excluding carboxylic acids is 2. The number of hydrogen-bond acceptors (Lipinski definition) is 7. The minimum Gasteiger partial charge on any atom is -0.448 e. The van der Waals surface area contributed by atoms with Gasteiger partial charge in [-0.05, 0) is 32.9 Å². The molecule has 8 nitrogen and oxygen atoms in total. The molecule has 25 heavy (non-hydrogen) atoms. The summed E-state index contributed by atoms with van der Waals surface area (Å²) < 4.78 is 18.4. The van der Waals surface area contributed by atoms with Crippen LogP contribution in [0.25, 0.3) is 0 Å². The van der Waals surface area contributed by atoms with Crippen molar-refractivity contribution in [3.05, 3.63) is 49.7 Å². The number of ether oxygens (including phenoxy) is 1. The molecule has 0 bridgehead atoms. The van der Waals surface area contributed by atoms with Crippen LogP contribution in [0.2, 0.25) is 0 Å². The van der Waals surface area contributed by atoms with Crippen LogP contribution in [0.3, 0.4) is 0 Å². The molecule has 1 amide bonds. The quantitative estimate of drug-likeness (QED) is 0.494. The van der Waals surface area contributed by atoms with E-state index in [2.05, 4.69) is 10.3 Å². The number of rotatable bonds is 5. The molecule has 0 saturated heterocycles. The van der Waals surface area contributed by atoms with Gasteiger partial charge in [0, 0.05) is 11.8 Å². The van der Waals surface area contributed by atoms with Crippen LogP contribution in [0.15, 0.2) is 18.2 Å². The van der Waals surface area contributed by atoms with Crippen LogP contribution in [-0.2, 0) is 9.53 Å². The highest BCUT2D eigenvalue weighted by atomic mass is 32.1. The summed E-state index contributed by atoms with van der Waals surface area (Å²) in [5.74, 6) is -2.40. The summed E-state index contributed by atoms with van der Waals surface area (Å²) in [6, 6.07) is 2.93. The molecule has 1 unspecified atom stereocenters. The summed E-state index contributed by atoms with van der Waals surface area (Å²) >= 11 is 1.15. The first kappa shape index (κ1) is 18.5. The fraction of sp³-hybridized carbons (Fsp3) is 0.267. The molecule has 10 heteroatoms. The van der Waals surface area contributed by atoms with Gasteiger partial charge in [-0.25, -0.2) is 9.78 Å². The van der Waals surface area contributed by atoms with E-state index in [-0.39, 0.29) is 5.69 Å². The number of aromatic nitrogens is 1. The number of nitro groups is 1. The van der Waals surface area contributed by atoms with Crippen molar-refractivity contribution in [2.24, 2.45) is 0 Å². The van der Waals surface area contributed by atoms with Crippen LogP contribution in [-0.4, -0.2) is 27.9 Å². The number of nitro benzene ring substituents is 1. The second kappa shape index (κ2) is 7.34. The predicted molar refractivity (Wildman–Crippen MR) is 88.1 cm³/mol. The minimum absolute atomic E-state index is 0.0193. The average molecular weight is 367 g/mol.